The molecule has 1 heteroatoms. The van der Waals surface area contributed by atoms with Gasteiger partial charge in [0.1, 0.15) is 0 Å². The third-order valence-electron chi connectivity index (χ3n) is 8.33. The van der Waals surface area contributed by atoms with Gasteiger partial charge in [-0.2, -0.15) is 0 Å². The third-order valence-corrected chi connectivity index (χ3v) is 10.4. The normalized spacial score (nSPS) is 19.1. The van der Waals surface area contributed by atoms with Gasteiger partial charge < -0.3 is 0 Å². The summed E-state index contributed by atoms with van der Waals surface area (Å²) in [5, 5.41) is 0. The SMILES string of the molecule is CCC(C)c1cccc2c1[CH]([Fe][CH]1c3ccccc3-c3cccc(C(C)CC)c31)c1ccccc1-2. The van der Waals surface area contributed by atoms with Crippen LogP contribution in [0.4, 0.5) is 0 Å². The zero-order valence-corrected chi connectivity index (χ0v) is 22.3. The Morgan fingerprint density at radius 3 is 1.37 bits per heavy atom. The van der Waals surface area contributed by atoms with E-state index in [4.69, 9.17) is 0 Å². The summed E-state index contributed by atoms with van der Waals surface area (Å²) < 4.78 is 0. The fourth-order valence-electron chi connectivity index (χ4n) is 6.07. The van der Waals surface area contributed by atoms with Crippen molar-refractivity contribution in [2.75, 3.05) is 0 Å². The van der Waals surface area contributed by atoms with Crippen molar-refractivity contribution in [3.63, 3.8) is 0 Å². The van der Waals surface area contributed by atoms with Crippen LogP contribution in [-0.4, -0.2) is 0 Å². The molecule has 0 aromatic heterocycles. The predicted molar refractivity (Wildman–Crippen MR) is 145 cm³/mol. The van der Waals surface area contributed by atoms with Crippen molar-refractivity contribution in [1.29, 1.82) is 0 Å². The van der Waals surface area contributed by atoms with Gasteiger partial charge in [0.15, 0.2) is 0 Å². The molecule has 0 spiro atoms. The van der Waals surface area contributed by atoms with E-state index < -0.39 is 0 Å². The maximum atomic E-state index is 2.40. The molecule has 0 saturated carbocycles. The van der Waals surface area contributed by atoms with Gasteiger partial charge in [-0.15, -0.1) is 0 Å². The van der Waals surface area contributed by atoms with E-state index in [0.29, 0.717) is 21.5 Å². The predicted octanol–water partition coefficient (Wildman–Crippen LogP) is 9.64. The molecule has 0 bridgehead atoms. The number of hydrogen-bond donors (Lipinski definition) is 0. The van der Waals surface area contributed by atoms with E-state index in [1.807, 2.05) is 0 Å². The number of rotatable bonds is 6. The Bertz CT molecular complexity index is 1290. The maximum absolute atomic E-state index is 2.40. The van der Waals surface area contributed by atoms with Crippen molar-refractivity contribution in [3.8, 4) is 22.3 Å². The number of fused-ring (bicyclic) bond motifs is 6. The molecule has 0 amide bonds. The van der Waals surface area contributed by atoms with Crippen LogP contribution in [0.1, 0.15) is 95.4 Å². The first kappa shape index (κ1) is 22.8. The molecular weight excluding hydrogens is 464 g/mol. The first-order chi connectivity index (χ1) is 17.1. The molecule has 0 saturated heterocycles. The van der Waals surface area contributed by atoms with Crippen LogP contribution in [0.15, 0.2) is 84.9 Å². The van der Waals surface area contributed by atoms with Gasteiger partial charge in [0, 0.05) is 0 Å². The van der Waals surface area contributed by atoms with E-state index in [1.165, 1.54) is 46.2 Å². The standard InChI is InChI=1S/2C17H17.Fe/c2*1-3-12(2)14-9-6-10-16-15-8-5-4-7-13(15)11-17(14)16;/h2*4-12H,3H2,1-2H3;. The zero-order chi connectivity index (χ0) is 24.1. The fraction of sp³-hybridized carbons (Fsp3) is 0.294. The Labute approximate surface area is 217 Å². The first-order valence-electron chi connectivity index (χ1n) is 13.2. The summed E-state index contributed by atoms with van der Waals surface area (Å²) in [6, 6.07) is 32.4. The van der Waals surface area contributed by atoms with E-state index in [9.17, 15) is 0 Å². The van der Waals surface area contributed by atoms with E-state index in [-0.39, 0.29) is 0 Å². The molecule has 35 heavy (non-hydrogen) atoms. The van der Waals surface area contributed by atoms with Gasteiger partial charge >= 0.3 is 218 Å². The molecule has 0 heterocycles. The number of hydrogen-bond acceptors (Lipinski definition) is 0. The third kappa shape index (κ3) is 3.55. The van der Waals surface area contributed by atoms with E-state index >= 15 is 0 Å². The molecule has 4 aromatic rings. The summed E-state index contributed by atoms with van der Waals surface area (Å²) in [4.78, 5) is 0.862. The van der Waals surface area contributed by atoms with Gasteiger partial charge in [-0.05, 0) is 0 Å². The van der Waals surface area contributed by atoms with Gasteiger partial charge in [-0.25, -0.2) is 0 Å². The van der Waals surface area contributed by atoms with Gasteiger partial charge in [-0.1, -0.05) is 0 Å². The summed E-state index contributed by atoms with van der Waals surface area (Å²) in [7, 11) is 0. The average Bonchev–Trinajstić information content (AvgIpc) is 3.41. The van der Waals surface area contributed by atoms with Crippen LogP contribution in [0.2, 0.25) is 0 Å². The van der Waals surface area contributed by atoms with Crippen LogP contribution in [0, 0.1) is 0 Å². The molecule has 0 radical (unpaired) electrons. The van der Waals surface area contributed by atoms with E-state index in [0.717, 1.165) is 15.0 Å². The topological polar surface area (TPSA) is 0 Å². The van der Waals surface area contributed by atoms with Gasteiger partial charge in [-0.3, -0.25) is 0 Å². The molecule has 0 N–H and O–H groups in total. The minimum atomic E-state index is 0.431. The molecule has 0 fully saturated rings. The molecule has 0 nitrogen and oxygen atoms in total. The minimum absolute atomic E-state index is 0.431. The Morgan fingerprint density at radius 2 is 0.943 bits per heavy atom. The second-order valence-corrected chi connectivity index (χ2v) is 11.9. The van der Waals surface area contributed by atoms with Crippen LogP contribution in [0.3, 0.4) is 0 Å². The second kappa shape index (κ2) is 9.12. The zero-order valence-electron chi connectivity index (χ0n) is 21.2. The average molecular weight is 498 g/mol. The van der Waals surface area contributed by atoms with Crippen molar-refractivity contribution in [2.24, 2.45) is 0 Å². The van der Waals surface area contributed by atoms with Gasteiger partial charge in [0.2, 0.25) is 0 Å². The molecule has 6 rings (SSSR count). The quantitative estimate of drug-likeness (QED) is 0.232. The van der Waals surface area contributed by atoms with Gasteiger partial charge in [0.25, 0.3) is 0 Å². The second-order valence-electron chi connectivity index (χ2n) is 10.2. The van der Waals surface area contributed by atoms with Crippen molar-refractivity contribution < 1.29 is 15.0 Å². The molecule has 2 aliphatic carbocycles. The summed E-state index contributed by atoms with van der Waals surface area (Å²) in [6.07, 6.45) is 2.35. The number of benzene rings is 4. The Hall–Kier alpha value is -2.60. The van der Waals surface area contributed by atoms with Crippen LogP contribution in [-0.2, 0) is 15.0 Å². The Kier molecular flexibility index (Phi) is 5.95. The van der Waals surface area contributed by atoms with Crippen molar-refractivity contribution in [1.82, 2.24) is 0 Å². The molecular formula is C34H34Fe. The Morgan fingerprint density at radius 1 is 0.543 bits per heavy atom. The summed E-state index contributed by atoms with van der Waals surface area (Å²) >= 11 is 1.13. The van der Waals surface area contributed by atoms with Crippen molar-refractivity contribution >= 4 is 0 Å². The monoisotopic (exact) mass is 498 g/mol. The van der Waals surface area contributed by atoms with E-state index in [2.05, 4.69) is 113 Å². The van der Waals surface area contributed by atoms with Gasteiger partial charge in [0.05, 0.1) is 0 Å². The fourth-order valence-corrected chi connectivity index (χ4v) is 8.47. The van der Waals surface area contributed by atoms with E-state index in [1.54, 1.807) is 22.3 Å². The summed E-state index contributed by atoms with van der Waals surface area (Å²) in [6.45, 7) is 9.44. The molecule has 0 aliphatic heterocycles. The molecule has 4 unspecified atom stereocenters. The summed E-state index contributed by atoms with van der Waals surface area (Å²) in [5.41, 5.74) is 15.1. The van der Waals surface area contributed by atoms with Crippen LogP contribution in [0.5, 0.6) is 0 Å². The molecule has 4 aromatic carbocycles. The molecule has 2 aliphatic rings. The van der Waals surface area contributed by atoms with Crippen LogP contribution >= 0.6 is 0 Å². The molecule has 178 valence electrons. The van der Waals surface area contributed by atoms with Crippen molar-refractivity contribution in [2.45, 2.75) is 62.0 Å². The van der Waals surface area contributed by atoms with Crippen LogP contribution in [0.25, 0.3) is 22.3 Å². The molecule has 4 atom stereocenters. The van der Waals surface area contributed by atoms with Crippen LogP contribution < -0.4 is 0 Å². The summed E-state index contributed by atoms with van der Waals surface area (Å²) in [5.74, 6) is 1.14. The van der Waals surface area contributed by atoms with Crippen molar-refractivity contribution in [3.05, 3.63) is 118 Å². The first-order valence-corrected chi connectivity index (χ1v) is 14.4. The Balaban J connectivity index is 1.55.